The molecule has 1 N–H and O–H groups in total. The van der Waals surface area contributed by atoms with Crippen LogP contribution in [0.1, 0.15) is 90.9 Å². The van der Waals surface area contributed by atoms with Crippen molar-refractivity contribution in [2.45, 2.75) is 90.9 Å². The summed E-state index contributed by atoms with van der Waals surface area (Å²) >= 11 is 0. The molecule has 0 heterocycles. The van der Waals surface area contributed by atoms with Gasteiger partial charge in [-0.1, -0.05) is 38.7 Å². The van der Waals surface area contributed by atoms with Crippen LogP contribution in [0, 0.1) is 29.1 Å². The molecule has 5 unspecified atom stereocenters. The third kappa shape index (κ3) is 3.75. The lowest BCUT2D eigenvalue weighted by molar-refractivity contribution is -0.116. The summed E-state index contributed by atoms with van der Waals surface area (Å²) in [4.78, 5) is 11.8. The third-order valence-corrected chi connectivity index (χ3v) is 8.02. The predicted molar refractivity (Wildman–Crippen MR) is 103 cm³/mol. The van der Waals surface area contributed by atoms with Gasteiger partial charge in [-0.25, -0.2) is 0 Å². The first-order valence-electron chi connectivity index (χ1n) is 11.0. The summed E-state index contributed by atoms with van der Waals surface area (Å²) in [5.74, 6) is 3.65. The Labute approximate surface area is 154 Å². The maximum absolute atomic E-state index is 11.8. The number of hydrogen-bond donors (Lipinski definition) is 1. The molecule has 2 saturated carbocycles. The van der Waals surface area contributed by atoms with Gasteiger partial charge in [0.15, 0.2) is 5.78 Å². The van der Waals surface area contributed by atoms with Crippen LogP contribution in [0.25, 0.3) is 0 Å². The van der Waals surface area contributed by atoms with Crippen molar-refractivity contribution in [3.05, 3.63) is 11.6 Å². The Morgan fingerprint density at radius 2 is 1.96 bits per heavy atom. The molecular weight excluding hydrogens is 308 g/mol. The standard InChI is InChI=1S/C23H38O2/c1-3-7-22-21-10-8-17-16-18(25)9-11-19(17)20(21)12-14-23(22,4-2)13-5-6-15-24/h16,19-22,24H,3-15H2,1-2H3. The van der Waals surface area contributed by atoms with Crippen LogP contribution in [0.2, 0.25) is 0 Å². The van der Waals surface area contributed by atoms with Gasteiger partial charge < -0.3 is 5.11 Å². The molecule has 0 saturated heterocycles. The molecule has 0 aromatic heterocycles. The second-order valence-electron chi connectivity index (χ2n) is 9.03. The van der Waals surface area contributed by atoms with E-state index in [9.17, 15) is 9.90 Å². The van der Waals surface area contributed by atoms with Gasteiger partial charge >= 0.3 is 0 Å². The number of allylic oxidation sites excluding steroid dienone is 2. The van der Waals surface area contributed by atoms with Gasteiger partial charge in [-0.15, -0.1) is 0 Å². The molecule has 2 heteroatoms. The van der Waals surface area contributed by atoms with Crippen LogP contribution in [0.4, 0.5) is 0 Å². The molecule has 3 rings (SSSR count). The van der Waals surface area contributed by atoms with Crippen molar-refractivity contribution in [2.24, 2.45) is 29.1 Å². The van der Waals surface area contributed by atoms with E-state index < -0.39 is 0 Å². The average molecular weight is 347 g/mol. The molecule has 2 nitrogen and oxygen atoms in total. The fraction of sp³-hybridized carbons (Fsp3) is 0.870. The molecule has 0 aromatic carbocycles. The first-order chi connectivity index (χ1) is 12.1. The fourth-order valence-electron chi connectivity index (χ4n) is 6.82. The number of unbranched alkanes of at least 4 members (excludes halogenated alkanes) is 1. The Kier molecular flexibility index (Phi) is 6.41. The van der Waals surface area contributed by atoms with Crippen LogP contribution in [-0.4, -0.2) is 17.5 Å². The number of hydrogen-bond acceptors (Lipinski definition) is 2. The Hall–Kier alpha value is -0.630. The fourth-order valence-corrected chi connectivity index (χ4v) is 6.82. The number of carbonyl (C=O) groups is 1. The first kappa shape index (κ1) is 19.1. The molecule has 0 radical (unpaired) electrons. The van der Waals surface area contributed by atoms with E-state index in [0.29, 0.717) is 23.7 Å². The summed E-state index contributed by atoms with van der Waals surface area (Å²) in [6, 6.07) is 0. The van der Waals surface area contributed by atoms with Gasteiger partial charge in [-0.2, -0.15) is 0 Å². The molecule has 3 aliphatic carbocycles. The Morgan fingerprint density at radius 1 is 1.12 bits per heavy atom. The Balaban J connectivity index is 1.81. The minimum atomic E-state index is 0.342. The van der Waals surface area contributed by atoms with Gasteiger partial charge in [0.25, 0.3) is 0 Å². The summed E-state index contributed by atoms with van der Waals surface area (Å²) < 4.78 is 0. The largest absolute Gasteiger partial charge is 0.396 e. The number of rotatable bonds is 7. The minimum absolute atomic E-state index is 0.342. The summed E-state index contributed by atoms with van der Waals surface area (Å²) in [6.07, 6.45) is 16.6. The van der Waals surface area contributed by atoms with Crippen molar-refractivity contribution >= 4 is 5.78 Å². The van der Waals surface area contributed by atoms with Crippen molar-refractivity contribution in [3.63, 3.8) is 0 Å². The van der Waals surface area contributed by atoms with Gasteiger partial charge in [0.2, 0.25) is 0 Å². The van der Waals surface area contributed by atoms with Crippen molar-refractivity contribution in [2.75, 3.05) is 6.61 Å². The molecule has 0 amide bonds. The van der Waals surface area contributed by atoms with E-state index in [1.165, 1.54) is 63.4 Å². The molecule has 0 aliphatic heterocycles. The van der Waals surface area contributed by atoms with Gasteiger partial charge in [-0.05, 0) is 86.5 Å². The predicted octanol–water partition coefficient (Wildman–Crippen LogP) is 5.69. The monoisotopic (exact) mass is 346 g/mol. The molecule has 5 atom stereocenters. The second-order valence-corrected chi connectivity index (χ2v) is 9.03. The highest BCUT2D eigenvalue weighted by molar-refractivity contribution is 5.91. The Bertz CT molecular complexity index is 494. The zero-order valence-corrected chi connectivity index (χ0v) is 16.4. The van der Waals surface area contributed by atoms with Gasteiger partial charge in [0.1, 0.15) is 0 Å². The number of carbonyl (C=O) groups excluding carboxylic acids is 1. The second kappa shape index (κ2) is 8.37. The van der Waals surface area contributed by atoms with Crippen molar-refractivity contribution < 1.29 is 9.90 Å². The number of aliphatic hydroxyl groups is 1. The van der Waals surface area contributed by atoms with Gasteiger partial charge in [-0.3, -0.25) is 4.79 Å². The summed E-state index contributed by atoms with van der Waals surface area (Å²) in [6.45, 7) is 5.11. The third-order valence-electron chi connectivity index (χ3n) is 8.02. The molecular formula is C23H38O2. The number of aliphatic hydroxyl groups excluding tert-OH is 1. The van der Waals surface area contributed by atoms with Crippen LogP contribution >= 0.6 is 0 Å². The summed E-state index contributed by atoms with van der Waals surface area (Å²) in [5, 5.41) is 9.23. The van der Waals surface area contributed by atoms with Crippen LogP contribution < -0.4 is 0 Å². The van der Waals surface area contributed by atoms with E-state index in [1.54, 1.807) is 0 Å². The van der Waals surface area contributed by atoms with Crippen LogP contribution in [-0.2, 0) is 4.79 Å². The van der Waals surface area contributed by atoms with E-state index in [-0.39, 0.29) is 0 Å². The molecule has 142 valence electrons. The van der Waals surface area contributed by atoms with E-state index in [4.69, 9.17) is 0 Å². The zero-order chi connectivity index (χ0) is 17.9. The summed E-state index contributed by atoms with van der Waals surface area (Å²) in [7, 11) is 0. The number of fused-ring (bicyclic) bond motifs is 3. The van der Waals surface area contributed by atoms with E-state index >= 15 is 0 Å². The van der Waals surface area contributed by atoms with Crippen molar-refractivity contribution in [1.82, 2.24) is 0 Å². The first-order valence-corrected chi connectivity index (χ1v) is 11.0. The van der Waals surface area contributed by atoms with Crippen molar-refractivity contribution in [1.29, 1.82) is 0 Å². The van der Waals surface area contributed by atoms with E-state index in [1.807, 2.05) is 6.08 Å². The van der Waals surface area contributed by atoms with Gasteiger partial charge in [0.05, 0.1) is 0 Å². The van der Waals surface area contributed by atoms with Crippen LogP contribution in [0.5, 0.6) is 0 Å². The van der Waals surface area contributed by atoms with Gasteiger partial charge in [0, 0.05) is 13.0 Å². The van der Waals surface area contributed by atoms with Crippen molar-refractivity contribution in [3.8, 4) is 0 Å². The maximum atomic E-state index is 11.8. The normalized spacial score (nSPS) is 38.0. The molecule has 0 spiro atoms. The summed E-state index contributed by atoms with van der Waals surface area (Å²) in [5.41, 5.74) is 2.01. The SMILES string of the molecule is CCCC1C2CCC3=CC(=O)CCC3C2CCC1(CC)CCCCO. The van der Waals surface area contributed by atoms with Crippen LogP contribution in [0.15, 0.2) is 11.6 Å². The lowest BCUT2D eigenvalue weighted by Gasteiger charge is -2.56. The van der Waals surface area contributed by atoms with E-state index in [2.05, 4.69) is 13.8 Å². The minimum Gasteiger partial charge on any atom is -0.396 e. The highest BCUT2D eigenvalue weighted by Crippen LogP contribution is 2.60. The molecule has 0 aromatic rings. The Morgan fingerprint density at radius 3 is 2.68 bits per heavy atom. The molecule has 0 bridgehead atoms. The molecule has 3 aliphatic rings. The van der Waals surface area contributed by atoms with Crippen LogP contribution in [0.3, 0.4) is 0 Å². The maximum Gasteiger partial charge on any atom is 0.155 e. The molecule has 2 fully saturated rings. The zero-order valence-electron chi connectivity index (χ0n) is 16.4. The quantitative estimate of drug-likeness (QED) is 0.601. The smallest absolute Gasteiger partial charge is 0.155 e. The number of ketones is 1. The average Bonchev–Trinajstić information content (AvgIpc) is 2.63. The highest BCUT2D eigenvalue weighted by atomic mass is 16.2. The van der Waals surface area contributed by atoms with E-state index in [0.717, 1.165) is 37.0 Å². The lowest BCUT2D eigenvalue weighted by Crippen LogP contribution is -2.47. The molecule has 25 heavy (non-hydrogen) atoms. The topological polar surface area (TPSA) is 37.3 Å². The highest BCUT2D eigenvalue weighted by Gasteiger charge is 2.51. The lowest BCUT2D eigenvalue weighted by atomic mass is 9.49.